The molecule has 0 radical (unpaired) electrons. The highest BCUT2D eigenvalue weighted by atomic mass is 16.1. The van der Waals surface area contributed by atoms with Crippen molar-refractivity contribution in [3.63, 3.8) is 0 Å². The first-order valence-corrected chi connectivity index (χ1v) is 9.00. The largest absolute Gasteiger partial charge is 0.282 e. The van der Waals surface area contributed by atoms with Crippen molar-refractivity contribution in [2.24, 2.45) is 0 Å². The minimum atomic E-state index is -0.360. The van der Waals surface area contributed by atoms with Crippen LogP contribution in [0.2, 0.25) is 0 Å². The van der Waals surface area contributed by atoms with Crippen LogP contribution >= 0.6 is 0 Å². The van der Waals surface area contributed by atoms with E-state index in [1.54, 1.807) is 18.5 Å². The van der Waals surface area contributed by atoms with Crippen LogP contribution in [0.15, 0.2) is 34.2 Å². The molecular weight excluding hydrogens is 358 g/mol. The summed E-state index contributed by atoms with van der Waals surface area (Å²) in [5.41, 5.74) is 0.688. The van der Waals surface area contributed by atoms with Crippen LogP contribution in [0.25, 0.3) is 27.4 Å². The predicted molar refractivity (Wildman–Crippen MR) is 105 cm³/mol. The first kappa shape index (κ1) is 17.9. The number of aromatic nitrogens is 7. The molecule has 0 bridgehead atoms. The average Bonchev–Trinajstić information content (AvgIpc) is 2.67. The molecular formula is C19H19N7O2. The number of pyridine rings is 1. The van der Waals surface area contributed by atoms with Gasteiger partial charge in [0.15, 0.2) is 5.82 Å². The van der Waals surface area contributed by atoms with Crippen LogP contribution < -0.4 is 11.1 Å². The zero-order valence-corrected chi connectivity index (χ0v) is 16.0. The average molecular weight is 377 g/mol. The van der Waals surface area contributed by atoms with Crippen molar-refractivity contribution in [2.45, 2.75) is 39.5 Å². The Morgan fingerprint density at radius 1 is 0.893 bits per heavy atom. The quantitative estimate of drug-likeness (QED) is 0.580. The van der Waals surface area contributed by atoms with E-state index in [4.69, 9.17) is 0 Å². The van der Waals surface area contributed by atoms with Gasteiger partial charge in [-0.05, 0) is 17.9 Å². The summed E-state index contributed by atoms with van der Waals surface area (Å²) in [4.78, 5) is 30.0. The SMILES string of the molecule is CC(C)c1nc(-n2ncc3c(C(C)C)nncc3c2=O)cc2c(=O)[nH]ncc12. The minimum absolute atomic E-state index is 0.0284. The number of nitrogens with one attached hydrogen (secondary N) is 1. The second-order valence-corrected chi connectivity index (χ2v) is 7.25. The van der Waals surface area contributed by atoms with Crippen molar-refractivity contribution in [3.8, 4) is 5.82 Å². The molecule has 0 aliphatic heterocycles. The highest BCUT2D eigenvalue weighted by Gasteiger charge is 2.17. The van der Waals surface area contributed by atoms with E-state index >= 15 is 0 Å². The Hall–Kier alpha value is -3.49. The lowest BCUT2D eigenvalue weighted by atomic mass is 10.0. The first-order valence-electron chi connectivity index (χ1n) is 9.00. The highest BCUT2D eigenvalue weighted by molar-refractivity contribution is 5.85. The van der Waals surface area contributed by atoms with Gasteiger partial charge in [-0.15, -0.1) is 0 Å². The van der Waals surface area contributed by atoms with E-state index in [-0.39, 0.29) is 28.8 Å². The van der Waals surface area contributed by atoms with E-state index in [0.29, 0.717) is 32.9 Å². The van der Waals surface area contributed by atoms with Gasteiger partial charge in [0.1, 0.15) is 0 Å². The summed E-state index contributed by atoms with van der Waals surface area (Å²) in [7, 11) is 0. The molecule has 9 nitrogen and oxygen atoms in total. The molecule has 0 aromatic carbocycles. The van der Waals surface area contributed by atoms with Crippen molar-refractivity contribution >= 4 is 21.5 Å². The van der Waals surface area contributed by atoms with Gasteiger partial charge in [-0.3, -0.25) is 9.59 Å². The van der Waals surface area contributed by atoms with Crippen LogP contribution in [0.1, 0.15) is 50.9 Å². The third kappa shape index (κ3) is 2.75. The molecule has 0 aliphatic rings. The number of aromatic amines is 1. The van der Waals surface area contributed by atoms with Crippen LogP contribution in [-0.4, -0.2) is 35.2 Å². The van der Waals surface area contributed by atoms with Crippen molar-refractivity contribution in [3.05, 3.63) is 56.8 Å². The van der Waals surface area contributed by atoms with E-state index < -0.39 is 0 Å². The number of nitrogens with zero attached hydrogens (tertiary/aromatic N) is 6. The van der Waals surface area contributed by atoms with Crippen molar-refractivity contribution in [2.75, 3.05) is 0 Å². The van der Waals surface area contributed by atoms with E-state index in [0.717, 1.165) is 0 Å². The monoisotopic (exact) mass is 377 g/mol. The third-order valence-electron chi connectivity index (χ3n) is 4.63. The van der Waals surface area contributed by atoms with Gasteiger partial charge in [0, 0.05) is 10.8 Å². The lowest BCUT2D eigenvalue weighted by Gasteiger charge is -2.13. The van der Waals surface area contributed by atoms with Crippen LogP contribution in [0.5, 0.6) is 0 Å². The molecule has 28 heavy (non-hydrogen) atoms. The van der Waals surface area contributed by atoms with Crippen molar-refractivity contribution in [1.29, 1.82) is 0 Å². The summed E-state index contributed by atoms with van der Waals surface area (Å²) in [6.45, 7) is 7.89. The summed E-state index contributed by atoms with van der Waals surface area (Å²) in [5, 5.41) is 20.8. The summed E-state index contributed by atoms with van der Waals surface area (Å²) < 4.78 is 1.19. The van der Waals surface area contributed by atoms with Gasteiger partial charge in [-0.25, -0.2) is 10.1 Å². The summed E-state index contributed by atoms with van der Waals surface area (Å²) in [6, 6.07) is 1.56. The van der Waals surface area contributed by atoms with Crippen LogP contribution in [-0.2, 0) is 0 Å². The maximum absolute atomic E-state index is 13.1. The molecule has 9 heteroatoms. The standard InChI is InChI=1S/C19H19N7O2/c1-9(2)16-12-6-21-25-18(27)11(12)5-15(23-16)26-19(28)14-7-20-24-17(10(3)4)13(14)8-22-26/h5-10H,1-4H3,(H,25,27). The topological polar surface area (TPSA) is 119 Å². The second-order valence-electron chi connectivity index (χ2n) is 7.25. The first-order chi connectivity index (χ1) is 13.4. The number of hydrogen-bond acceptors (Lipinski definition) is 7. The fraction of sp³-hybridized carbons (Fsp3) is 0.316. The Bertz CT molecular complexity index is 1320. The molecule has 0 atom stereocenters. The van der Waals surface area contributed by atoms with Crippen LogP contribution in [0.4, 0.5) is 0 Å². The fourth-order valence-corrected chi connectivity index (χ4v) is 3.24. The molecule has 142 valence electrons. The van der Waals surface area contributed by atoms with E-state index in [2.05, 4.69) is 30.5 Å². The number of rotatable bonds is 3. The van der Waals surface area contributed by atoms with Gasteiger partial charge >= 0.3 is 0 Å². The Balaban J connectivity index is 2.05. The Morgan fingerprint density at radius 3 is 2.32 bits per heavy atom. The Labute approximate surface area is 159 Å². The van der Waals surface area contributed by atoms with Gasteiger partial charge in [-0.2, -0.15) is 25.1 Å². The normalized spacial score (nSPS) is 11.8. The molecule has 0 unspecified atom stereocenters. The van der Waals surface area contributed by atoms with Crippen molar-refractivity contribution in [1.82, 2.24) is 35.2 Å². The zero-order valence-electron chi connectivity index (χ0n) is 16.0. The van der Waals surface area contributed by atoms with E-state index in [9.17, 15) is 9.59 Å². The Morgan fingerprint density at radius 2 is 1.61 bits per heavy atom. The predicted octanol–water partition coefficient (Wildman–Crippen LogP) is 2.05. The van der Waals surface area contributed by atoms with Gasteiger partial charge in [-0.1, -0.05) is 27.7 Å². The lowest BCUT2D eigenvalue weighted by Crippen LogP contribution is -2.24. The molecule has 0 spiro atoms. The van der Waals surface area contributed by atoms with Crippen LogP contribution in [0, 0.1) is 0 Å². The van der Waals surface area contributed by atoms with Gasteiger partial charge < -0.3 is 0 Å². The summed E-state index contributed by atoms with van der Waals surface area (Å²) in [5.74, 6) is 0.411. The third-order valence-corrected chi connectivity index (χ3v) is 4.63. The van der Waals surface area contributed by atoms with Crippen molar-refractivity contribution < 1.29 is 0 Å². The number of H-pyrrole nitrogens is 1. The molecule has 4 aromatic heterocycles. The summed E-state index contributed by atoms with van der Waals surface area (Å²) >= 11 is 0. The lowest BCUT2D eigenvalue weighted by molar-refractivity contribution is 0.756. The molecule has 0 saturated carbocycles. The minimum Gasteiger partial charge on any atom is -0.267 e. The number of fused-ring (bicyclic) bond motifs is 2. The molecule has 4 heterocycles. The van der Waals surface area contributed by atoms with E-state index in [1.165, 1.54) is 10.9 Å². The maximum atomic E-state index is 13.1. The molecule has 0 saturated heterocycles. The van der Waals surface area contributed by atoms with Crippen LogP contribution in [0.3, 0.4) is 0 Å². The fourth-order valence-electron chi connectivity index (χ4n) is 3.24. The smallest absolute Gasteiger partial charge is 0.267 e. The van der Waals surface area contributed by atoms with Gasteiger partial charge in [0.25, 0.3) is 11.1 Å². The highest BCUT2D eigenvalue weighted by Crippen LogP contribution is 2.23. The maximum Gasteiger partial charge on any atom is 0.282 e. The number of hydrogen-bond donors (Lipinski definition) is 1. The Kier molecular flexibility index (Phi) is 4.21. The zero-order chi connectivity index (χ0) is 20.0. The second kappa shape index (κ2) is 6.59. The molecule has 0 amide bonds. The molecule has 4 rings (SSSR count). The van der Waals surface area contributed by atoms with E-state index in [1.807, 2.05) is 27.7 Å². The van der Waals surface area contributed by atoms with Gasteiger partial charge in [0.05, 0.1) is 40.8 Å². The molecule has 1 N–H and O–H groups in total. The molecule has 4 aromatic rings. The summed E-state index contributed by atoms with van der Waals surface area (Å²) in [6.07, 6.45) is 4.60. The molecule has 0 fully saturated rings. The van der Waals surface area contributed by atoms with Gasteiger partial charge in [0.2, 0.25) is 0 Å². The molecule has 0 aliphatic carbocycles.